The number of nitrogens with zero attached hydrogens (tertiary/aromatic N) is 3. The van der Waals surface area contributed by atoms with Gasteiger partial charge in [0.25, 0.3) is 0 Å². The van der Waals surface area contributed by atoms with E-state index in [1.807, 2.05) is 23.8 Å². The van der Waals surface area contributed by atoms with Gasteiger partial charge in [0.05, 0.1) is 5.69 Å². The Bertz CT molecular complexity index is 632. The van der Waals surface area contributed by atoms with Crippen LogP contribution in [0.2, 0.25) is 0 Å². The zero-order valence-corrected chi connectivity index (χ0v) is 12.2. The molecule has 0 saturated heterocycles. The second kappa shape index (κ2) is 4.47. The van der Waals surface area contributed by atoms with E-state index in [1.165, 1.54) is 25.7 Å². The number of aromatic nitrogens is 3. The average Bonchev–Trinajstić information content (AvgIpc) is 3.12. The Morgan fingerprint density at radius 1 is 1.35 bits per heavy atom. The Labute approximate surface area is 119 Å². The van der Waals surface area contributed by atoms with Crippen LogP contribution in [0.25, 0.3) is 5.52 Å². The third-order valence-electron chi connectivity index (χ3n) is 5.31. The Morgan fingerprint density at radius 2 is 2.25 bits per heavy atom. The van der Waals surface area contributed by atoms with E-state index in [4.69, 9.17) is 0 Å². The maximum atomic E-state index is 4.52. The molecule has 0 radical (unpaired) electrons. The predicted octanol–water partition coefficient (Wildman–Crippen LogP) is 3.27. The topological polar surface area (TPSA) is 42.2 Å². The fraction of sp³-hybridized carbons (Fsp3) is 0.625. The van der Waals surface area contributed by atoms with Crippen LogP contribution in [0, 0.1) is 24.7 Å². The van der Waals surface area contributed by atoms with Crippen molar-refractivity contribution in [3.63, 3.8) is 0 Å². The van der Waals surface area contributed by atoms with Gasteiger partial charge in [-0.25, -0.2) is 9.50 Å². The van der Waals surface area contributed by atoms with Gasteiger partial charge in [0.15, 0.2) is 5.82 Å². The van der Waals surface area contributed by atoms with Crippen LogP contribution in [0.1, 0.15) is 38.3 Å². The zero-order valence-electron chi connectivity index (χ0n) is 12.2. The second-order valence-electron chi connectivity index (χ2n) is 6.66. The van der Waals surface area contributed by atoms with Gasteiger partial charge < -0.3 is 5.32 Å². The van der Waals surface area contributed by atoms with Crippen LogP contribution in [0.4, 0.5) is 5.82 Å². The van der Waals surface area contributed by atoms with Gasteiger partial charge in [-0.1, -0.05) is 6.42 Å². The summed E-state index contributed by atoms with van der Waals surface area (Å²) in [5, 5.41) is 8.11. The first-order valence-corrected chi connectivity index (χ1v) is 7.78. The molecule has 4 nitrogen and oxygen atoms in total. The largest absolute Gasteiger partial charge is 0.366 e. The molecule has 2 saturated carbocycles. The normalized spacial score (nSPS) is 30.0. The third kappa shape index (κ3) is 1.89. The van der Waals surface area contributed by atoms with Gasteiger partial charge in [0.2, 0.25) is 0 Å². The molecule has 0 amide bonds. The van der Waals surface area contributed by atoms with E-state index < -0.39 is 0 Å². The Balaban J connectivity index is 1.58. The lowest BCUT2D eigenvalue weighted by atomic mass is 9.84. The van der Waals surface area contributed by atoms with E-state index in [0.29, 0.717) is 6.04 Å². The summed E-state index contributed by atoms with van der Waals surface area (Å²) in [4.78, 5) is 4.52. The molecule has 0 aliphatic heterocycles. The minimum Gasteiger partial charge on any atom is -0.366 e. The number of nitrogens with one attached hydrogen (secondary N) is 1. The van der Waals surface area contributed by atoms with E-state index in [0.717, 1.165) is 34.8 Å². The van der Waals surface area contributed by atoms with Crippen molar-refractivity contribution in [2.24, 2.45) is 17.8 Å². The fourth-order valence-electron chi connectivity index (χ4n) is 4.38. The van der Waals surface area contributed by atoms with Crippen molar-refractivity contribution < 1.29 is 0 Å². The van der Waals surface area contributed by atoms with Gasteiger partial charge in [-0.3, -0.25) is 0 Å². The van der Waals surface area contributed by atoms with E-state index in [2.05, 4.69) is 28.4 Å². The van der Waals surface area contributed by atoms with Crippen LogP contribution in [0.15, 0.2) is 18.5 Å². The SMILES string of the molecule is Cc1cc2c(NC(C)C3CC4CCC3C4)nccn2n1. The van der Waals surface area contributed by atoms with E-state index in [1.54, 1.807) is 0 Å². The predicted molar refractivity (Wildman–Crippen MR) is 79.7 cm³/mol. The zero-order chi connectivity index (χ0) is 13.7. The van der Waals surface area contributed by atoms with Crippen LogP contribution in [0.3, 0.4) is 0 Å². The van der Waals surface area contributed by atoms with Crippen molar-refractivity contribution in [1.29, 1.82) is 0 Å². The second-order valence-corrected chi connectivity index (χ2v) is 6.66. The summed E-state index contributed by atoms with van der Waals surface area (Å²) in [5.41, 5.74) is 2.12. The lowest BCUT2D eigenvalue weighted by Crippen LogP contribution is -2.30. The molecular formula is C16H22N4. The van der Waals surface area contributed by atoms with E-state index in [-0.39, 0.29) is 0 Å². The summed E-state index contributed by atoms with van der Waals surface area (Å²) < 4.78 is 1.91. The number of aryl methyl sites for hydroxylation is 1. The fourth-order valence-corrected chi connectivity index (χ4v) is 4.38. The molecular weight excluding hydrogens is 248 g/mol. The van der Waals surface area contributed by atoms with Crippen molar-refractivity contribution >= 4 is 11.3 Å². The standard InChI is InChI=1S/C16H22N4/c1-10-7-15-16(17-5-6-20(15)19-10)18-11(2)14-9-12-3-4-13(14)8-12/h5-7,11-14H,3-4,8-9H2,1-2H3,(H,17,18). The number of rotatable bonds is 3. The highest BCUT2D eigenvalue weighted by molar-refractivity contribution is 5.68. The molecule has 2 heterocycles. The minimum atomic E-state index is 0.499. The number of fused-ring (bicyclic) bond motifs is 3. The molecule has 2 bridgehead atoms. The Hall–Kier alpha value is -1.58. The first-order chi connectivity index (χ1) is 9.70. The smallest absolute Gasteiger partial charge is 0.152 e. The summed E-state index contributed by atoms with van der Waals surface area (Å²) in [5.74, 6) is 3.73. The van der Waals surface area contributed by atoms with E-state index >= 15 is 0 Å². The third-order valence-corrected chi connectivity index (χ3v) is 5.31. The van der Waals surface area contributed by atoms with E-state index in [9.17, 15) is 0 Å². The molecule has 2 aliphatic rings. The summed E-state index contributed by atoms with van der Waals surface area (Å²) in [6, 6.07) is 2.60. The lowest BCUT2D eigenvalue weighted by molar-refractivity contribution is 0.304. The van der Waals surface area contributed by atoms with Gasteiger partial charge in [0.1, 0.15) is 5.52 Å². The highest BCUT2D eigenvalue weighted by Crippen LogP contribution is 2.49. The van der Waals surface area contributed by atoms with Crippen molar-refractivity contribution in [2.45, 2.75) is 45.6 Å². The Morgan fingerprint density at radius 3 is 3.00 bits per heavy atom. The molecule has 20 heavy (non-hydrogen) atoms. The molecule has 4 heteroatoms. The lowest BCUT2D eigenvalue weighted by Gasteiger charge is -2.29. The Kier molecular flexibility index (Phi) is 2.72. The first-order valence-electron chi connectivity index (χ1n) is 7.78. The van der Waals surface area contributed by atoms with Crippen LogP contribution >= 0.6 is 0 Å². The molecule has 106 valence electrons. The summed E-state index contributed by atoms with van der Waals surface area (Å²) in [7, 11) is 0. The molecule has 2 aliphatic carbocycles. The number of anilines is 1. The monoisotopic (exact) mass is 270 g/mol. The molecule has 1 N–H and O–H groups in total. The molecule has 4 unspecified atom stereocenters. The average molecular weight is 270 g/mol. The first kappa shape index (κ1) is 12.2. The molecule has 4 atom stereocenters. The van der Waals surface area contributed by atoms with Gasteiger partial charge >= 0.3 is 0 Å². The van der Waals surface area contributed by atoms with Crippen LogP contribution in [0.5, 0.6) is 0 Å². The van der Waals surface area contributed by atoms with Crippen molar-refractivity contribution in [1.82, 2.24) is 14.6 Å². The molecule has 0 spiro atoms. The van der Waals surface area contributed by atoms with Crippen molar-refractivity contribution in [3.8, 4) is 0 Å². The highest BCUT2D eigenvalue weighted by atomic mass is 15.2. The molecule has 4 rings (SSSR count). The van der Waals surface area contributed by atoms with Gasteiger partial charge in [0, 0.05) is 18.4 Å². The number of hydrogen-bond donors (Lipinski definition) is 1. The maximum absolute atomic E-state index is 4.52. The van der Waals surface area contributed by atoms with Gasteiger partial charge in [-0.15, -0.1) is 0 Å². The summed E-state index contributed by atoms with van der Waals surface area (Å²) >= 11 is 0. The number of hydrogen-bond acceptors (Lipinski definition) is 3. The van der Waals surface area contributed by atoms with Gasteiger partial charge in [-0.2, -0.15) is 5.10 Å². The molecule has 2 aromatic rings. The summed E-state index contributed by atoms with van der Waals surface area (Å²) in [6.07, 6.45) is 9.50. The van der Waals surface area contributed by atoms with Gasteiger partial charge in [-0.05, 0) is 56.9 Å². The maximum Gasteiger partial charge on any atom is 0.152 e. The molecule has 0 aromatic carbocycles. The van der Waals surface area contributed by atoms with Crippen molar-refractivity contribution in [3.05, 3.63) is 24.2 Å². The molecule has 2 aromatic heterocycles. The van der Waals surface area contributed by atoms with Crippen LogP contribution < -0.4 is 5.32 Å². The minimum absolute atomic E-state index is 0.499. The van der Waals surface area contributed by atoms with Crippen molar-refractivity contribution in [2.75, 3.05) is 5.32 Å². The molecule has 2 fully saturated rings. The summed E-state index contributed by atoms with van der Waals surface area (Å²) in [6.45, 7) is 4.34. The van der Waals surface area contributed by atoms with Crippen LogP contribution in [-0.4, -0.2) is 20.6 Å². The quantitative estimate of drug-likeness (QED) is 0.930. The van der Waals surface area contributed by atoms with Crippen LogP contribution in [-0.2, 0) is 0 Å². The highest BCUT2D eigenvalue weighted by Gasteiger charge is 2.41.